The quantitative estimate of drug-likeness (QED) is 0.641. The van der Waals surface area contributed by atoms with Gasteiger partial charge in [-0.2, -0.15) is 0 Å². The molecule has 0 aromatic rings. The van der Waals surface area contributed by atoms with E-state index in [1.54, 1.807) is 0 Å². The molecule has 0 N–H and O–H groups in total. The zero-order valence-corrected chi connectivity index (χ0v) is 13.9. The molecular weight excluding hydrogens is 238 g/mol. The summed E-state index contributed by atoms with van der Waals surface area (Å²) < 4.78 is 0. The molecule has 4 nitrogen and oxygen atoms in total. The van der Waals surface area contributed by atoms with Gasteiger partial charge in [-0.15, -0.1) is 0 Å². The first-order valence-electron chi connectivity index (χ1n) is 7.40. The molecule has 0 aliphatic heterocycles. The van der Waals surface area contributed by atoms with E-state index in [2.05, 4.69) is 51.6 Å². The molecule has 0 fully saturated rings. The highest BCUT2D eigenvalue weighted by molar-refractivity contribution is 5.76. The molecule has 0 heterocycles. The lowest BCUT2D eigenvalue weighted by molar-refractivity contribution is -0.130. The largest absolute Gasteiger partial charge is 0.346 e. The minimum atomic E-state index is 0.250. The molecule has 0 spiro atoms. The van der Waals surface area contributed by atoms with Gasteiger partial charge in [0.2, 0.25) is 5.91 Å². The number of rotatable bonds is 9. The van der Waals surface area contributed by atoms with E-state index in [0.717, 1.165) is 26.1 Å². The lowest BCUT2D eigenvalue weighted by Gasteiger charge is -2.24. The molecule has 0 saturated heterocycles. The Kier molecular flexibility index (Phi) is 9.02. The number of hydrogen-bond donors (Lipinski definition) is 0. The summed E-state index contributed by atoms with van der Waals surface area (Å²) in [5.74, 6) is 0.250. The summed E-state index contributed by atoms with van der Waals surface area (Å²) in [4.78, 5) is 18.3. The molecule has 1 amide bonds. The van der Waals surface area contributed by atoms with Crippen molar-refractivity contribution in [2.75, 3.05) is 40.8 Å². The van der Waals surface area contributed by atoms with Gasteiger partial charge in [0.15, 0.2) is 0 Å². The Balaban J connectivity index is 3.82. The molecule has 0 aromatic heterocycles. The molecule has 4 heteroatoms. The maximum Gasteiger partial charge on any atom is 0.223 e. The van der Waals surface area contributed by atoms with Crippen LogP contribution in [0.1, 0.15) is 40.5 Å². The van der Waals surface area contributed by atoms with Gasteiger partial charge in [-0.25, -0.2) is 0 Å². The van der Waals surface area contributed by atoms with Crippen molar-refractivity contribution in [3.8, 4) is 0 Å². The normalized spacial score (nSPS) is 11.9. The smallest absolute Gasteiger partial charge is 0.223 e. The highest BCUT2D eigenvalue weighted by Gasteiger charge is 2.11. The molecule has 0 atom stereocenters. The minimum absolute atomic E-state index is 0.250. The summed E-state index contributed by atoms with van der Waals surface area (Å²) in [7, 11) is 6.10. The molecule has 0 aliphatic rings. The number of nitrogens with zero attached hydrogens (tertiary/aromatic N) is 3. The maximum atomic E-state index is 12.0. The fraction of sp³-hybridized carbons (Fsp3) is 0.933. The van der Waals surface area contributed by atoms with Crippen LogP contribution in [-0.4, -0.2) is 73.5 Å². The fourth-order valence-corrected chi connectivity index (χ4v) is 1.66. The van der Waals surface area contributed by atoms with Crippen LogP contribution in [0, 0.1) is 0 Å². The first-order valence-corrected chi connectivity index (χ1v) is 7.40. The van der Waals surface area contributed by atoms with Crippen molar-refractivity contribution >= 4 is 5.91 Å². The SMILES string of the molecule is CC(C)N(C)CCCN(C)C(=O)CCN(C)C(C)C. The monoisotopic (exact) mass is 271 g/mol. The van der Waals surface area contributed by atoms with Crippen molar-refractivity contribution in [3.05, 3.63) is 0 Å². The van der Waals surface area contributed by atoms with E-state index in [1.165, 1.54) is 0 Å². The van der Waals surface area contributed by atoms with E-state index in [4.69, 9.17) is 0 Å². The summed E-state index contributed by atoms with van der Waals surface area (Å²) >= 11 is 0. The first kappa shape index (κ1) is 18.4. The van der Waals surface area contributed by atoms with Gasteiger partial charge in [0.05, 0.1) is 0 Å². The van der Waals surface area contributed by atoms with Gasteiger partial charge in [0.25, 0.3) is 0 Å². The second kappa shape index (κ2) is 9.32. The van der Waals surface area contributed by atoms with Crippen LogP contribution in [0.2, 0.25) is 0 Å². The van der Waals surface area contributed by atoms with Crippen molar-refractivity contribution in [3.63, 3.8) is 0 Å². The Bertz CT molecular complexity index is 254. The zero-order chi connectivity index (χ0) is 15.0. The first-order chi connectivity index (χ1) is 8.75. The highest BCUT2D eigenvalue weighted by atomic mass is 16.2. The van der Waals surface area contributed by atoms with E-state index in [9.17, 15) is 4.79 Å². The Morgan fingerprint density at radius 3 is 1.79 bits per heavy atom. The summed E-state index contributed by atoms with van der Waals surface area (Å²) in [6.45, 7) is 11.4. The lowest BCUT2D eigenvalue weighted by Crippen LogP contribution is -2.35. The topological polar surface area (TPSA) is 26.8 Å². The van der Waals surface area contributed by atoms with Gasteiger partial charge in [0.1, 0.15) is 0 Å². The van der Waals surface area contributed by atoms with Crippen LogP contribution in [0.4, 0.5) is 0 Å². The maximum absolute atomic E-state index is 12.0. The van der Waals surface area contributed by atoms with Crippen LogP contribution in [0.15, 0.2) is 0 Å². The molecule has 114 valence electrons. The Hall–Kier alpha value is -0.610. The zero-order valence-electron chi connectivity index (χ0n) is 13.9. The minimum Gasteiger partial charge on any atom is -0.346 e. The molecule has 0 bridgehead atoms. The van der Waals surface area contributed by atoms with E-state index < -0.39 is 0 Å². The highest BCUT2D eigenvalue weighted by Crippen LogP contribution is 2.00. The molecule has 0 unspecified atom stereocenters. The van der Waals surface area contributed by atoms with E-state index >= 15 is 0 Å². The van der Waals surface area contributed by atoms with Crippen LogP contribution in [0.5, 0.6) is 0 Å². The van der Waals surface area contributed by atoms with E-state index in [0.29, 0.717) is 18.5 Å². The molecule has 0 radical (unpaired) electrons. The van der Waals surface area contributed by atoms with Crippen molar-refractivity contribution < 1.29 is 4.79 Å². The van der Waals surface area contributed by atoms with Gasteiger partial charge in [-0.05, 0) is 54.8 Å². The van der Waals surface area contributed by atoms with Crippen LogP contribution in [0.25, 0.3) is 0 Å². The predicted octanol–water partition coefficient (Wildman–Crippen LogP) is 1.91. The Morgan fingerprint density at radius 2 is 1.32 bits per heavy atom. The summed E-state index contributed by atoms with van der Waals surface area (Å²) in [6.07, 6.45) is 1.65. The van der Waals surface area contributed by atoms with Crippen molar-refractivity contribution in [2.45, 2.75) is 52.6 Å². The van der Waals surface area contributed by atoms with Crippen LogP contribution < -0.4 is 0 Å². The van der Waals surface area contributed by atoms with Gasteiger partial charge in [-0.3, -0.25) is 4.79 Å². The number of carbonyl (C=O) groups is 1. The molecular formula is C15H33N3O. The van der Waals surface area contributed by atoms with Gasteiger partial charge in [-0.1, -0.05) is 0 Å². The van der Waals surface area contributed by atoms with Crippen molar-refractivity contribution in [2.24, 2.45) is 0 Å². The summed E-state index contributed by atoms with van der Waals surface area (Å²) in [6, 6.07) is 1.07. The lowest BCUT2D eigenvalue weighted by atomic mass is 10.2. The average Bonchev–Trinajstić information content (AvgIpc) is 2.34. The van der Waals surface area contributed by atoms with E-state index in [-0.39, 0.29) is 5.91 Å². The fourth-order valence-electron chi connectivity index (χ4n) is 1.66. The van der Waals surface area contributed by atoms with Gasteiger partial charge < -0.3 is 14.7 Å². The molecule has 0 saturated carbocycles. The third-order valence-corrected chi connectivity index (χ3v) is 3.87. The van der Waals surface area contributed by atoms with Crippen molar-refractivity contribution in [1.82, 2.24) is 14.7 Å². The van der Waals surface area contributed by atoms with Crippen LogP contribution >= 0.6 is 0 Å². The third kappa shape index (κ3) is 8.22. The molecule has 19 heavy (non-hydrogen) atoms. The molecule has 0 aromatic carbocycles. The number of hydrogen-bond acceptors (Lipinski definition) is 3. The summed E-state index contributed by atoms with van der Waals surface area (Å²) in [5, 5.41) is 0. The van der Waals surface area contributed by atoms with E-state index in [1.807, 2.05) is 11.9 Å². The number of carbonyl (C=O) groups excluding carboxylic acids is 1. The second-order valence-corrected chi connectivity index (χ2v) is 6.07. The summed E-state index contributed by atoms with van der Waals surface area (Å²) in [5.41, 5.74) is 0. The average molecular weight is 271 g/mol. The third-order valence-electron chi connectivity index (χ3n) is 3.87. The second-order valence-electron chi connectivity index (χ2n) is 6.07. The van der Waals surface area contributed by atoms with Crippen molar-refractivity contribution in [1.29, 1.82) is 0 Å². The molecule has 0 rings (SSSR count). The van der Waals surface area contributed by atoms with Gasteiger partial charge >= 0.3 is 0 Å². The standard InChI is InChI=1S/C15H33N3O/c1-13(2)16(5)10-8-11-18(7)15(19)9-12-17(6)14(3)4/h13-14H,8-12H2,1-7H3. The Labute approximate surface area is 119 Å². The predicted molar refractivity (Wildman–Crippen MR) is 82.4 cm³/mol. The van der Waals surface area contributed by atoms with Crippen LogP contribution in [-0.2, 0) is 4.79 Å². The molecule has 0 aliphatic carbocycles. The van der Waals surface area contributed by atoms with Gasteiger partial charge in [0, 0.05) is 38.6 Å². The van der Waals surface area contributed by atoms with Crippen LogP contribution in [0.3, 0.4) is 0 Å². The number of amides is 1. The Morgan fingerprint density at radius 1 is 0.842 bits per heavy atom.